The number of H-pyrrole nitrogens is 1. The molecule has 0 bridgehead atoms. The van der Waals surface area contributed by atoms with E-state index in [1.807, 2.05) is 66.7 Å². The number of amides is 1. The number of aromatic nitrogens is 2. The number of aryl methyl sites for hydroxylation is 2. The average molecular weight is 649 g/mol. The zero-order chi connectivity index (χ0) is 33.6. The molecule has 0 unspecified atom stereocenters. The number of hydrogen-bond acceptors (Lipinski definition) is 7. The van der Waals surface area contributed by atoms with Crippen LogP contribution in [0.5, 0.6) is 5.75 Å². The lowest BCUT2D eigenvalue weighted by molar-refractivity contribution is 0.176. The van der Waals surface area contributed by atoms with Gasteiger partial charge >= 0.3 is 11.8 Å². The van der Waals surface area contributed by atoms with Crippen LogP contribution >= 0.6 is 0 Å². The summed E-state index contributed by atoms with van der Waals surface area (Å²) >= 11 is 0. The largest absolute Gasteiger partial charge is 0.506 e. The minimum absolute atomic E-state index is 0.0571. The quantitative estimate of drug-likeness (QED) is 0.0856. The van der Waals surface area contributed by atoms with Crippen molar-refractivity contribution in [3.05, 3.63) is 129 Å². The van der Waals surface area contributed by atoms with Crippen molar-refractivity contribution in [2.24, 2.45) is 0 Å². The molecule has 48 heavy (non-hydrogen) atoms. The summed E-state index contributed by atoms with van der Waals surface area (Å²) in [4.78, 5) is 38.4. The maximum absolute atomic E-state index is 12.7. The van der Waals surface area contributed by atoms with E-state index in [2.05, 4.69) is 15.6 Å². The molecule has 6 N–H and O–H groups in total. The molecule has 0 spiro atoms. The van der Waals surface area contributed by atoms with E-state index in [9.17, 15) is 29.7 Å². The number of aromatic hydroxyl groups is 1. The van der Waals surface area contributed by atoms with Crippen molar-refractivity contribution in [2.75, 3.05) is 18.4 Å². The van der Waals surface area contributed by atoms with Gasteiger partial charge in [0.2, 0.25) is 5.56 Å². The molecular weight excluding hydrogens is 612 g/mol. The Hall–Kier alpha value is -5.65. The molecule has 6 rings (SSSR count). The molecule has 6 aromatic rings. The molecule has 2 heterocycles. The monoisotopic (exact) mass is 648 g/mol. The highest BCUT2D eigenvalue weighted by molar-refractivity contribution is 5.91. The number of pyridine rings is 1. The molecule has 0 aliphatic rings. The van der Waals surface area contributed by atoms with Gasteiger partial charge in [0, 0.05) is 30.1 Å². The van der Waals surface area contributed by atoms with Crippen LogP contribution in [0.15, 0.2) is 105 Å². The molecule has 0 saturated heterocycles. The second-order valence-corrected chi connectivity index (χ2v) is 11.7. The third-order valence-corrected chi connectivity index (χ3v) is 8.43. The van der Waals surface area contributed by atoms with E-state index in [4.69, 9.17) is 4.42 Å². The SMILES string of the molecule is O=C(O)Nc1cc(CCCCn2c(=O)oc3cc(CCNC[C@H](O)c4ccc(O)c5[nH]c(=O)ccc45)ccc32)ccc1-c1ccccc1. The minimum atomic E-state index is -1.12. The minimum Gasteiger partial charge on any atom is -0.506 e. The lowest BCUT2D eigenvalue weighted by Crippen LogP contribution is -2.24. The summed E-state index contributed by atoms with van der Waals surface area (Å²) in [6, 6.07) is 27.2. The van der Waals surface area contributed by atoms with E-state index in [0.29, 0.717) is 47.2 Å². The zero-order valence-corrected chi connectivity index (χ0v) is 26.1. The Morgan fingerprint density at radius 2 is 1.69 bits per heavy atom. The van der Waals surface area contributed by atoms with Crippen LogP contribution in [0, 0.1) is 0 Å². The average Bonchev–Trinajstić information content (AvgIpc) is 3.39. The summed E-state index contributed by atoms with van der Waals surface area (Å²) in [6.07, 6.45) is 0.922. The van der Waals surface area contributed by atoms with Crippen molar-refractivity contribution in [1.29, 1.82) is 0 Å². The smallest absolute Gasteiger partial charge is 0.419 e. The molecule has 0 radical (unpaired) electrons. The summed E-state index contributed by atoms with van der Waals surface area (Å²) in [5.74, 6) is -0.468. The van der Waals surface area contributed by atoms with Crippen molar-refractivity contribution >= 4 is 33.8 Å². The van der Waals surface area contributed by atoms with Crippen molar-refractivity contribution in [1.82, 2.24) is 14.9 Å². The number of anilines is 1. The van der Waals surface area contributed by atoms with Gasteiger partial charge in [-0.1, -0.05) is 54.6 Å². The van der Waals surface area contributed by atoms with E-state index < -0.39 is 18.0 Å². The van der Waals surface area contributed by atoms with E-state index >= 15 is 0 Å². The second-order valence-electron chi connectivity index (χ2n) is 11.7. The lowest BCUT2D eigenvalue weighted by atomic mass is 9.99. The first-order chi connectivity index (χ1) is 23.3. The summed E-state index contributed by atoms with van der Waals surface area (Å²) in [7, 11) is 0. The van der Waals surface area contributed by atoms with Crippen molar-refractivity contribution < 1.29 is 24.5 Å². The summed E-state index contributed by atoms with van der Waals surface area (Å²) in [5, 5.41) is 36.6. The summed E-state index contributed by atoms with van der Waals surface area (Å²) < 4.78 is 7.20. The first-order valence-corrected chi connectivity index (χ1v) is 15.8. The fraction of sp³-hybridized carbons (Fsp3) is 0.216. The van der Waals surface area contributed by atoms with Gasteiger partial charge in [-0.05, 0) is 84.8 Å². The number of phenols is 1. The van der Waals surface area contributed by atoms with E-state index in [0.717, 1.165) is 47.0 Å². The molecule has 1 atom stereocenters. The fourth-order valence-corrected chi connectivity index (χ4v) is 6.04. The molecule has 0 aliphatic heterocycles. The number of oxazole rings is 1. The number of unbranched alkanes of at least 4 members (excludes halogenated alkanes) is 1. The van der Waals surface area contributed by atoms with E-state index in [1.165, 1.54) is 12.1 Å². The number of carboxylic acid groups (broad SMARTS) is 1. The number of aliphatic hydroxyl groups excluding tert-OH is 1. The van der Waals surface area contributed by atoms with Gasteiger partial charge in [0.15, 0.2) is 5.58 Å². The standard InChI is InChI=1S/C37H36N4O7/c42-31-15-12-27(28-13-16-34(44)40-35(28)31)32(43)22-38-18-17-24-10-14-30-33(21-24)48-37(47)41(30)19-5-4-6-23-9-11-26(25-7-2-1-3-8-25)29(20-23)39-36(45)46/h1-3,7-16,20-21,32,38-39,42-43H,4-6,17-19,22H2,(H,40,44)(H,45,46)/t32-/m0/s1. The lowest BCUT2D eigenvalue weighted by Gasteiger charge is -2.15. The molecule has 0 saturated carbocycles. The topological polar surface area (TPSA) is 170 Å². The van der Waals surface area contributed by atoms with Gasteiger partial charge in [0.25, 0.3) is 0 Å². The van der Waals surface area contributed by atoms with E-state index in [1.54, 1.807) is 16.7 Å². The highest BCUT2D eigenvalue weighted by Crippen LogP contribution is 2.30. The Bertz CT molecular complexity index is 2190. The molecular formula is C37H36N4O7. The molecule has 4 aromatic carbocycles. The highest BCUT2D eigenvalue weighted by atomic mass is 16.4. The zero-order valence-electron chi connectivity index (χ0n) is 26.1. The molecule has 11 nitrogen and oxygen atoms in total. The van der Waals surface area contributed by atoms with Gasteiger partial charge in [0.05, 0.1) is 22.8 Å². The number of rotatable bonds is 13. The Morgan fingerprint density at radius 3 is 2.50 bits per heavy atom. The maximum atomic E-state index is 12.7. The van der Waals surface area contributed by atoms with Crippen LogP contribution in [-0.4, -0.2) is 44.1 Å². The van der Waals surface area contributed by atoms with Gasteiger partial charge in [-0.3, -0.25) is 14.7 Å². The van der Waals surface area contributed by atoms with Gasteiger partial charge in [0.1, 0.15) is 5.75 Å². The summed E-state index contributed by atoms with van der Waals surface area (Å²) in [5.41, 5.74) is 6.05. The van der Waals surface area contributed by atoms with Gasteiger partial charge < -0.3 is 30.0 Å². The number of nitrogens with zero attached hydrogens (tertiary/aromatic N) is 1. The Kier molecular flexibility index (Phi) is 9.70. The number of hydrogen-bond donors (Lipinski definition) is 6. The summed E-state index contributed by atoms with van der Waals surface area (Å²) in [6.45, 7) is 1.32. The highest BCUT2D eigenvalue weighted by Gasteiger charge is 2.15. The third-order valence-electron chi connectivity index (χ3n) is 8.43. The molecule has 1 amide bonds. The van der Waals surface area contributed by atoms with Crippen LogP contribution in [0.4, 0.5) is 10.5 Å². The third kappa shape index (κ3) is 7.33. The first kappa shape index (κ1) is 32.3. The number of nitrogens with one attached hydrogen (secondary N) is 3. The second kappa shape index (κ2) is 14.4. The van der Waals surface area contributed by atoms with Crippen molar-refractivity contribution in [2.45, 2.75) is 38.3 Å². The number of fused-ring (bicyclic) bond motifs is 2. The predicted octanol–water partition coefficient (Wildman–Crippen LogP) is 5.79. The number of benzene rings is 4. The Balaban J connectivity index is 1.02. The number of aromatic amines is 1. The number of carbonyl (C=O) groups is 1. The number of aliphatic hydroxyl groups is 1. The number of phenolic OH excluding ortho intramolecular Hbond substituents is 1. The van der Waals surface area contributed by atoms with Crippen LogP contribution in [0.1, 0.15) is 35.6 Å². The van der Waals surface area contributed by atoms with Crippen LogP contribution < -0.4 is 21.9 Å². The van der Waals surface area contributed by atoms with Crippen molar-refractivity contribution in [3.8, 4) is 16.9 Å². The molecule has 0 aliphatic carbocycles. The van der Waals surface area contributed by atoms with Crippen LogP contribution in [0.2, 0.25) is 0 Å². The fourth-order valence-electron chi connectivity index (χ4n) is 6.04. The van der Waals surface area contributed by atoms with Crippen molar-refractivity contribution in [3.63, 3.8) is 0 Å². The normalized spacial score (nSPS) is 12.0. The van der Waals surface area contributed by atoms with Crippen LogP contribution in [0.3, 0.4) is 0 Å². The first-order valence-electron chi connectivity index (χ1n) is 15.8. The molecule has 2 aromatic heterocycles. The van der Waals surface area contributed by atoms with Gasteiger partial charge in [-0.15, -0.1) is 0 Å². The van der Waals surface area contributed by atoms with Crippen LogP contribution in [0.25, 0.3) is 33.1 Å². The van der Waals surface area contributed by atoms with Gasteiger partial charge in [-0.25, -0.2) is 9.59 Å². The molecule has 246 valence electrons. The Morgan fingerprint density at radius 1 is 0.896 bits per heavy atom. The molecule has 11 heteroatoms. The van der Waals surface area contributed by atoms with Crippen LogP contribution in [-0.2, 0) is 19.4 Å². The van der Waals surface area contributed by atoms with Gasteiger partial charge in [-0.2, -0.15) is 0 Å². The Labute approximate surface area is 275 Å². The molecule has 0 fully saturated rings. The maximum Gasteiger partial charge on any atom is 0.419 e. The van der Waals surface area contributed by atoms with E-state index in [-0.39, 0.29) is 17.9 Å². The predicted molar refractivity (Wildman–Crippen MR) is 185 cm³/mol.